The van der Waals surface area contributed by atoms with Crippen LogP contribution in [0.2, 0.25) is 0 Å². The molecule has 1 saturated heterocycles. The van der Waals surface area contributed by atoms with Gasteiger partial charge in [0, 0.05) is 24.9 Å². The Labute approximate surface area is 107 Å². The number of anilines is 1. The summed E-state index contributed by atoms with van der Waals surface area (Å²) in [5.74, 6) is 0.378. The third kappa shape index (κ3) is 2.61. The van der Waals surface area contributed by atoms with Crippen LogP contribution < -0.4 is 5.73 Å². The van der Waals surface area contributed by atoms with E-state index in [1.54, 1.807) is 11.0 Å². The van der Waals surface area contributed by atoms with Crippen LogP contribution in [0.3, 0.4) is 0 Å². The maximum absolute atomic E-state index is 12.3. The molecule has 0 bridgehead atoms. The normalized spacial score (nSPS) is 18.9. The van der Waals surface area contributed by atoms with Crippen molar-refractivity contribution in [2.24, 2.45) is 0 Å². The molecule has 5 nitrogen and oxygen atoms in total. The van der Waals surface area contributed by atoms with Crippen molar-refractivity contribution in [1.82, 2.24) is 9.88 Å². The van der Waals surface area contributed by atoms with E-state index in [-0.39, 0.29) is 11.9 Å². The number of carbonyl (C=O) groups is 1. The van der Waals surface area contributed by atoms with Crippen molar-refractivity contribution in [3.63, 3.8) is 0 Å². The highest BCUT2D eigenvalue weighted by atomic mass is 16.5. The fourth-order valence-electron chi connectivity index (χ4n) is 2.11. The van der Waals surface area contributed by atoms with Gasteiger partial charge in [-0.05, 0) is 25.0 Å². The molecule has 1 fully saturated rings. The van der Waals surface area contributed by atoms with E-state index in [0.29, 0.717) is 18.0 Å². The number of hydrogen-bond acceptors (Lipinski definition) is 4. The number of hydrogen-bond donors (Lipinski definition) is 1. The molecule has 1 aliphatic rings. The number of amides is 1. The second kappa shape index (κ2) is 5.35. The number of aryl methyl sites for hydroxylation is 1. The number of nitrogens with two attached hydrogens (primary N) is 1. The van der Waals surface area contributed by atoms with Gasteiger partial charge < -0.3 is 15.4 Å². The van der Waals surface area contributed by atoms with Crippen LogP contribution in [0.1, 0.15) is 29.4 Å². The Morgan fingerprint density at radius 1 is 1.61 bits per heavy atom. The van der Waals surface area contributed by atoms with E-state index in [1.165, 1.54) is 0 Å². The number of rotatable bonds is 3. The zero-order chi connectivity index (χ0) is 13.1. The first kappa shape index (κ1) is 12.8. The zero-order valence-corrected chi connectivity index (χ0v) is 10.8. The average Bonchev–Trinajstić information content (AvgIpc) is 2.90. The molecule has 1 atom stereocenters. The lowest BCUT2D eigenvalue weighted by atomic mass is 10.1. The first-order valence-corrected chi connectivity index (χ1v) is 6.23. The highest BCUT2D eigenvalue weighted by Gasteiger charge is 2.25. The summed E-state index contributed by atoms with van der Waals surface area (Å²) in [6.45, 7) is 3.33. The van der Waals surface area contributed by atoms with E-state index in [1.807, 2.05) is 20.0 Å². The topological polar surface area (TPSA) is 68.5 Å². The Hall–Kier alpha value is -1.62. The Kier molecular flexibility index (Phi) is 3.81. The minimum Gasteiger partial charge on any atom is -0.384 e. The van der Waals surface area contributed by atoms with E-state index >= 15 is 0 Å². The minimum atomic E-state index is -0.0192. The molecule has 0 aliphatic carbocycles. The van der Waals surface area contributed by atoms with Gasteiger partial charge in [0.25, 0.3) is 5.91 Å². The predicted molar refractivity (Wildman–Crippen MR) is 69.3 cm³/mol. The van der Waals surface area contributed by atoms with E-state index in [9.17, 15) is 4.79 Å². The van der Waals surface area contributed by atoms with Crippen LogP contribution in [-0.4, -0.2) is 42.1 Å². The van der Waals surface area contributed by atoms with Crippen LogP contribution in [0.25, 0.3) is 0 Å². The molecule has 2 N–H and O–H groups in total. The molecule has 1 unspecified atom stereocenters. The molecule has 5 heteroatoms. The van der Waals surface area contributed by atoms with Gasteiger partial charge in [-0.15, -0.1) is 0 Å². The largest absolute Gasteiger partial charge is 0.384 e. The standard InChI is InChI=1S/C13H19N3O2/c1-3-10-6-9(7-12(14)15-10)13(17)16(2)11-4-5-18-8-11/h6-7,11H,3-5,8H2,1-2H3,(H2,14,15). The molecule has 2 rings (SSSR count). The maximum atomic E-state index is 12.3. The lowest BCUT2D eigenvalue weighted by Crippen LogP contribution is -2.37. The van der Waals surface area contributed by atoms with Gasteiger partial charge in [0.05, 0.1) is 12.6 Å². The summed E-state index contributed by atoms with van der Waals surface area (Å²) >= 11 is 0. The number of nitrogens with zero attached hydrogens (tertiary/aromatic N) is 2. The van der Waals surface area contributed by atoms with Crippen LogP contribution >= 0.6 is 0 Å². The summed E-state index contributed by atoms with van der Waals surface area (Å²) in [7, 11) is 1.81. The lowest BCUT2D eigenvalue weighted by Gasteiger charge is -2.23. The van der Waals surface area contributed by atoms with Crippen LogP contribution in [0.5, 0.6) is 0 Å². The molecule has 2 heterocycles. The Bertz CT molecular complexity index is 442. The monoisotopic (exact) mass is 249 g/mol. The molecule has 18 heavy (non-hydrogen) atoms. The van der Waals surface area contributed by atoms with Gasteiger partial charge in [0.2, 0.25) is 0 Å². The quantitative estimate of drug-likeness (QED) is 0.870. The van der Waals surface area contributed by atoms with Gasteiger partial charge in [-0.2, -0.15) is 0 Å². The predicted octanol–water partition coefficient (Wildman–Crippen LogP) is 1.09. The smallest absolute Gasteiger partial charge is 0.254 e. The summed E-state index contributed by atoms with van der Waals surface area (Å²) in [4.78, 5) is 18.3. The highest BCUT2D eigenvalue weighted by Crippen LogP contribution is 2.16. The molecule has 1 aromatic rings. The van der Waals surface area contributed by atoms with Gasteiger partial charge in [-0.1, -0.05) is 6.92 Å². The number of likely N-dealkylation sites (N-methyl/N-ethyl adjacent to an activating group) is 1. The van der Waals surface area contributed by atoms with Crippen molar-refractivity contribution in [2.75, 3.05) is 26.0 Å². The molecule has 0 aromatic carbocycles. The fourth-order valence-corrected chi connectivity index (χ4v) is 2.11. The number of ether oxygens (including phenoxy) is 1. The van der Waals surface area contributed by atoms with Crippen LogP contribution in [-0.2, 0) is 11.2 Å². The molecule has 98 valence electrons. The van der Waals surface area contributed by atoms with E-state index in [2.05, 4.69) is 4.98 Å². The molecule has 1 aliphatic heterocycles. The third-order valence-corrected chi connectivity index (χ3v) is 3.28. The van der Waals surface area contributed by atoms with Gasteiger partial charge in [0.15, 0.2) is 0 Å². The van der Waals surface area contributed by atoms with Crippen LogP contribution in [0.4, 0.5) is 5.82 Å². The van der Waals surface area contributed by atoms with Crippen molar-refractivity contribution in [2.45, 2.75) is 25.8 Å². The molecule has 0 spiro atoms. The van der Waals surface area contributed by atoms with E-state index in [4.69, 9.17) is 10.5 Å². The van der Waals surface area contributed by atoms with Crippen molar-refractivity contribution in [3.8, 4) is 0 Å². The first-order chi connectivity index (χ1) is 8.61. The number of aromatic nitrogens is 1. The zero-order valence-electron chi connectivity index (χ0n) is 10.8. The summed E-state index contributed by atoms with van der Waals surface area (Å²) in [6.07, 6.45) is 1.66. The van der Waals surface area contributed by atoms with Gasteiger partial charge >= 0.3 is 0 Å². The molecular formula is C13H19N3O2. The summed E-state index contributed by atoms with van der Waals surface area (Å²) in [5.41, 5.74) is 7.17. The van der Waals surface area contributed by atoms with Crippen molar-refractivity contribution in [1.29, 1.82) is 0 Å². The first-order valence-electron chi connectivity index (χ1n) is 6.23. The summed E-state index contributed by atoms with van der Waals surface area (Å²) in [6, 6.07) is 3.61. The van der Waals surface area contributed by atoms with E-state index in [0.717, 1.165) is 25.1 Å². The highest BCUT2D eigenvalue weighted by molar-refractivity contribution is 5.95. The van der Waals surface area contributed by atoms with Crippen LogP contribution in [0, 0.1) is 0 Å². The van der Waals surface area contributed by atoms with Gasteiger partial charge in [-0.25, -0.2) is 4.98 Å². The average molecular weight is 249 g/mol. The third-order valence-electron chi connectivity index (χ3n) is 3.28. The second-order valence-corrected chi connectivity index (χ2v) is 4.56. The van der Waals surface area contributed by atoms with Crippen molar-refractivity contribution >= 4 is 11.7 Å². The summed E-state index contributed by atoms with van der Waals surface area (Å²) < 4.78 is 5.30. The maximum Gasteiger partial charge on any atom is 0.254 e. The summed E-state index contributed by atoms with van der Waals surface area (Å²) in [5, 5.41) is 0. The molecular weight excluding hydrogens is 230 g/mol. The lowest BCUT2D eigenvalue weighted by molar-refractivity contribution is 0.0711. The second-order valence-electron chi connectivity index (χ2n) is 4.56. The van der Waals surface area contributed by atoms with Crippen molar-refractivity contribution < 1.29 is 9.53 Å². The number of pyridine rings is 1. The minimum absolute atomic E-state index is 0.0192. The Morgan fingerprint density at radius 2 is 2.39 bits per heavy atom. The Balaban J connectivity index is 2.19. The molecule has 0 radical (unpaired) electrons. The van der Waals surface area contributed by atoms with Crippen LogP contribution in [0.15, 0.2) is 12.1 Å². The molecule has 1 amide bonds. The fraction of sp³-hybridized carbons (Fsp3) is 0.538. The van der Waals surface area contributed by atoms with Crippen molar-refractivity contribution in [3.05, 3.63) is 23.4 Å². The number of nitrogen functional groups attached to an aromatic ring is 1. The van der Waals surface area contributed by atoms with Gasteiger partial charge in [-0.3, -0.25) is 4.79 Å². The SMILES string of the molecule is CCc1cc(C(=O)N(C)C2CCOC2)cc(N)n1. The molecule has 1 aromatic heterocycles. The number of carbonyl (C=O) groups excluding carboxylic acids is 1. The Morgan fingerprint density at radius 3 is 3.00 bits per heavy atom. The molecule has 0 saturated carbocycles. The van der Waals surface area contributed by atoms with E-state index < -0.39 is 0 Å². The van der Waals surface area contributed by atoms with Gasteiger partial charge in [0.1, 0.15) is 5.82 Å².